The highest BCUT2D eigenvalue weighted by Gasteiger charge is 2.30. The summed E-state index contributed by atoms with van der Waals surface area (Å²) in [5.74, 6) is -3.41. The Kier molecular flexibility index (Phi) is 14.5. The number of carbonyl (C=O) groups is 4. The molecule has 4 aromatic rings. The molecule has 4 aromatic carbocycles. The number of anilines is 1. The number of aliphatic hydroxyl groups excluding tert-OH is 1. The lowest BCUT2D eigenvalue weighted by molar-refractivity contribution is -0.150. The first-order chi connectivity index (χ1) is 24.3. The van der Waals surface area contributed by atoms with E-state index in [2.05, 4.69) is 23.8 Å². The molecular weight excluding hydrogens is 630 g/mol. The molecule has 0 aliphatic heterocycles. The Hall–Kier alpha value is -5.54. The number of carbonyl (C=O) groups excluding carboxylic acids is 4. The summed E-state index contributed by atoms with van der Waals surface area (Å²) in [6, 6.07) is 30.8. The molecule has 3 amide bonds. The second-order valence-corrected chi connectivity index (χ2v) is 12.1. The van der Waals surface area contributed by atoms with Crippen LogP contribution in [0.1, 0.15) is 30.4 Å². The minimum absolute atomic E-state index is 0.0950. The van der Waals surface area contributed by atoms with E-state index in [1.54, 1.807) is 18.2 Å². The summed E-state index contributed by atoms with van der Waals surface area (Å²) in [6.45, 7) is 7.24. The molecule has 0 fully saturated rings. The topological polar surface area (TPSA) is 125 Å². The van der Waals surface area contributed by atoms with Gasteiger partial charge in [0.05, 0.1) is 18.4 Å². The van der Waals surface area contributed by atoms with Gasteiger partial charge < -0.3 is 25.4 Å². The number of aliphatic hydroxyl groups is 1. The van der Waals surface area contributed by atoms with Crippen molar-refractivity contribution in [2.24, 2.45) is 11.8 Å². The molecule has 3 atom stereocenters. The van der Waals surface area contributed by atoms with Gasteiger partial charge in [0.1, 0.15) is 12.6 Å². The number of esters is 1. The maximum absolute atomic E-state index is 13.8. The Morgan fingerprint density at radius 3 is 2.04 bits per heavy atom. The Morgan fingerprint density at radius 2 is 1.38 bits per heavy atom. The molecule has 0 saturated heterocycles. The maximum Gasteiger partial charge on any atom is 0.309 e. The normalized spacial score (nSPS) is 12.6. The van der Waals surface area contributed by atoms with E-state index in [1.165, 1.54) is 4.90 Å². The van der Waals surface area contributed by atoms with Crippen LogP contribution < -0.4 is 10.6 Å². The molecule has 0 heterocycles. The van der Waals surface area contributed by atoms with Crippen LogP contribution in [-0.2, 0) is 36.9 Å². The quantitative estimate of drug-likeness (QED) is 0.0847. The number of hydrogen-bond donors (Lipinski definition) is 3. The molecule has 4 rings (SSSR count). The van der Waals surface area contributed by atoms with E-state index in [4.69, 9.17) is 4.74 Å². The summed E-state index contributed by atoms with van der Waals surface area (Å²) in [5, 5.41) is 17.2. The van der Waals surface area contributed by atoms with Gasteiger partial charge in [-0.1, -0.05) is 103 Å². The molecular formula is C41H45N3O6. The van der Waals surface area contributed by atoms with Gasteiger partial charge in [0, 0.05) is 25.2 Å². The first-order valence-corrected chi connectivity index (χ1v) is 16.8. The minimum Gasteiger partial charge on any atom is -0.463 e. The van der Waals surface area contributed by atoms with Gasteiger partial charge in [-0.25, -0.2) is 0 Å². The fraction of sp³-hybridized carbons (Fsp3) is 0.268. The Labute approximate surface area is 293 Å². The number of benzene rings is 4. The van der Waals surface area contributed by atoms with Gasteiger partial charge in [0.15, 0.2) is 0 Å². The first kappa shape index (κ1) is 37.3. The van der Waals surface area contributed by atoms with Gasteiger partial charge in [-0.15, -0.1) is 13.2 Å². The molecule has 9 nitrogen and oxygen atoms in total. The maximum atomic E-state index is 13.8. The SMILES string of the molecule is C=CC[C@H](CC(=O)N(CCO)Cc1ccccc1)C(=O)N[C@@H](COC(=O)[C@@H](CC=C)Cc1ccccc1)C(=O)Nc1ccc2ccccc2c1. The minimum atomic E-state index is -1.26. The number of amides is 3. The monoisotopic (exact) mass is 675 g/mol. The Balaban J connectivity index is 1.51. The third kappa shape index (κ3) is 11.3. The largest absolute Gasteiger partial charge is 0.463 e. The van der Waals surface area contributed by atoms with Gasteiger partial charge in [0.2, 0.25) is 11.8 Å². The fourth-order valence-corrected chi connectivity index (χ4v) is 5.66. The van der Waals surface area contributed by atoms with Crippen molar-refractivity contribution in [3.8, 4) is 0 Å². The van der Waals surface area contributed by atoms with Crippen molar-refractivity contribution in [2.75, 3.05) is 25.1 Å². The number of nitrogens with one attached hydrogen (secondary N) is 2. The molecule has 0 aromatic heterocycles. The van der Waals surface area contributed by atoms with Gasteiger partial charge >= 0.3 is 5.97 Å². The Morgan fingerprint density at radius 1 is 0.760 bits per heavy atom. The second kappa shape index (κ2) is 19.5. The zero-order valence-electron chi connectivity index (χ0n) is 28.2. The predicted molar refractivity (Wildman–Crippen MR) is 196 cm³/mol. The lowest BCUT2D eigenvalue weighted by atomic mass is 9.96. The average Bonchev–Trinajstić information content (AvgIpc) is 3.13. The first-order valence-electron chi connectivity index (χ1n) is 16.8. The highest BCUT2D eigenvalue weighted by atomic mass is 16.5. The summed E-state index contributed by atoms with van der Waals surface area (Å²) in [7, 11) is 0. The highest BCUT2D eigenvalue weighted by molar-refractivity contribution is 5.99. The van der Waals surface area contributed by atoms with Crippen molar-refractivity contribution in [2.45, 2.75) is 38.3 Å². The molecule has 0 saturated carbocycles. The van der Waals surface area contributed by atoms with E-state index in [0.717, 1.165) is 21.9 Å². The van der Waals surface area contributed by atoms with Crippen molar-refractivity contribution >= 4 is 40.2 Å². The van der Waals surface area contributed by atoms with Crippen LogP contribution in [0.15, 0.2) is 128 Å². The number of hydrogen-bond acceptors (Lipinski definition) is 6. The third-order valence-corrected chi connectivity index (χ3v) is 8.33. The van der Waals surface area contributed by atoms with Crippen LogP contribution >= 0.6 is 0 Å². The average molecular weight is 676 g/mol. The van der Waals surface area contributed by atoms with E-state index in [0.29, 0.717) is 18.5 Å². The van der Waals surface area contributed by atoms with Crippen molar-refractivity contribution in [1.82, 2.24) is 10.2 Å². The lowest BCUT2D eigenvalue weighted by Gasteiger charge is -2.26. The molecule has 3 N–H and O–H groups in total. The molecule has 9 heteroatoms. The van der Waals surface area contributed by atoms with E-state index < -0.39 is 42.3 Å². The van der Waals surface area contributed by atoms with Crippen LogP contribution in [0.25, 0.3) is 10.8 Å². The zero-order chi connectivity index (χ0) is 35.7. The van der Waals surface area contributed by atoms with Gasteiger partial charge in [-0.05, 0) is 53.3 Å². The van der Waals surface area contributed by atoms with Crippen molar-refractivity contribution in [1.29, 1.82) is 0 Å². The van der Waals surface area contributed by atoms with Gasteiger partial charge in [-0.2, -0.15) is 0 Å². The molecule has 0 radical (unpaired) electrons. The molecule has 0 spiro atoms. The molecule has 260 valence electrons. The van der Waals surface area contributed by atoms with Crippen molar-refractivity contribution in [3.05, 3.63) is 140 Å². The molecule has 0 aliphatic carbocycles. The standard InChI is InChI=1S/C41H45N3O6/c1-3-13-34(27-38(46)44(23-24-45)28-31-17-9-6-10-18-31)39(47)43-37(40(48)42-36-22-21-32-19-11-12-20-33(32)26-36)29-50-41(49)35(14-4-2)25-30-15-7-5-8-16-30/h3-12,15-22,26,34-35,37,45H,1-2,13-14,23-25,27-29H2,(H,42,48)(H,43,47)/t34-,35+,37+/m1/s1. The number of ether oxygens (including phenoxy) is 1. The van der Waals surface area contributed by atoms with E-state index >= 15 is 0 Å². The van der Waals surface area contributed by atoms with Crippen LogP contribution in [0.2, 0.25) is 0 Å². The zero-order valence-corrected chi connectivity index (χ0v) is 28.2. The lowest BCUT2D eigenvalue weighted by Crippen LogP contribution is -2.50. The van der Waals surface area contributed by atoms with E-state index in [-0.39, 0.29) is 38.4 Å². The van der Waals surface area contributed by atoms with E-state index in [1.807, 2.05) is 97.1 Å². The summed E-state index contributed by atoms with van der Waals surface area (Å²) in [6.07, 6.45) is 3.96. The van der Waals surface area contributed by atoms with Crippen LogP contribution in [-0.4, -0.2) is 59.5 Å². The number of fused-ring (bicyclic) bond motifs is 1. The molecule has 0 aliphatic rings. The van der Waals surface area contributed by atoms with Gasteiger partial charge in [-0.3, -0.25) is 19.2 Å². The van der Waals surface area contributed by atoms with Crippen LogP contribution in [0.5, 0.6) is 0 Å². The summed E-state index contributed by atoms with van der Waals surface area (Å²) >= 11 is 0. The Bertz CT molecular complexity index is 1740. The molecule has 0 bridgehead atoms. The van der Waals surface area contributed by atoms with Crippen LogP contribution in [0, 0.1) is 11.8 Å². The van der Waals surface area contributed by atoms with Crippen molar-refractivity contribution < 1.29 is 29.0 Å². The van der Waals surface area contributed by atoms with Crippen LogP contribution in [0.3, 0.4) is 0 Å². The number of nitrogens with zero attached hydrogens (tertiary/aromatic N) is 1. The second-order valence-electron chi connectivity index (χ2n) is 12.1. The summed E-state index contributed by atoms with van der Waals surface area (Å²) in [4.78, 5) is 55.7. The summed E-state index contributed by atoms with van der Waals surface area (Å²) < 4.78 is 5.69. The van der Waals surface area contributed by atoms with Crippen molar-refractivity contribution in [3.63, 3.8) is 0 Å². The smallest absolute Gasteiger partial charge is 0.309 e. The number of rotatable bonds is 19. The number of allylic oxidation sites excluding steroid dienone is 2. The third-order valence-electron chi connectivity index (χ3n) is 8.33. The summed E-state index contributed by atoms with van der Waals surface area (Å²) in [5.41, 5.74) is 2.34. The molecule has 0 unspecified atom stereocenters. The van der Waals surface area contributed by atoms with Gasteiger partial charge in [0.25, 0.3) is 5.91 Å². The fourth-order valence-electron chi connectivity index (χ4n) is 5.66. The highest BCUT2D eigenvalue weighted by Crippen LogP contribution is 2.20. The van der Waals surface area contributed by atoms with E-state index in [9.17, 15) is 24.3 Å². The van der Waals surface area contributed by atoms with Crippen LogP contribution in [0.4, 0.5) is 5.69 Å². The predicted octanol–water partition coefficient (Wildman–Crippen LogP) is 5.84. The molecule has 50 heavy (non-hydrogen) atoms.